The second-order valence-corrected chi connectivity index (χ2v) is 5.17. The van der Waals surface area contributed by atoms with Gasteiger partial charge in [-0.05, 0) is 30.9 Å². The van der Waals surface area contributed by atoms with E-state index in [0.29, 0.717) is 6.04 Å². The number of rotatable bonds is 2. The Kier molecular flexibility index (Phi) is 2.63. The molecule has 3 heteroatoms. The molecule has 1 aliphatic carbocycles. The van der Waals surface area contributed by atoms with E-state index in [1.165, 1.54) is 16.7 Å². The van der Waals surface area contributed by atoms with E-state index in [2.05, 4.69) is 35.8 Å². The van der Waals surface area contributed by atoms with Gasteiger partial charge in [-0.25, -0.2) is 0 Å². The highest BCUT2D eigenvalue weighted by Gasteiger charge is 2.30. The molecule has 3 nitrogen and oxygen atoms in total. The molecule has 0 spiro atoms. The van der Waals surface area contributed by atoms with Crippen molar-refractivity contribution in [3.05, 3.63) is 34.9 Å². The van der Waals surface area contributed by atoms with Gasteiger partial charge in [0.2, 0.25) is 5.91 Å². The topological polar surface area (TPSA) is 41.1 Å². The molecule has 17 heavy (non-hydrogen) atoms. The van der Waals surface area contributed by atoms with E-state index in [0.717, 1.165) is 25.9 Å². The first-order valence-electron chi connectivity index (χ1n) is 6.34. The van der Waals surface area contributed by atoms with Gasteiger partial charge in [-0.15, -0.1) is 0 Å². The van der Waals surface area contributed by atoms with Gasteiger partial charge >= 0.3 is 0 Å². The maximum Gasteiger partial charge on any atom is 0.229 e. The van der Waals surface area contributed by atoms with Crippen LogP contribution in [0.4, 0.5) is 0 Å². The van der Waals surface area contributed by atoms with Crippen LogP contribution >= 0.6 is 0 Å². The predicted octanol–water partition coefficient (Wildman–Crippen LogP) is 1.46. The molecule has 3 rings (SSSR count). The van der Waals surface area contributed by atoms with Crippen LogP contribution in [0.2, 0.25) is 0 Å². The Morgan fingerprint density at radius 2 is 2.24 bits per heavy atom. The summed E-state index contributed by atoms with van der Waals surface area (Å²) in [6.07, 6.45) is 2.29. The quantitative estimate of drug-likeness (QED) is 0.807. The van der Waals surface area contributed by atoms with Gasteiger partial charge in [0.05, 0.1) is 5.92 Å². The molecule has 0 saturated heterocycles. The van der Waals surface area contributed by atoms with Gasteiger partial charge in [0.1, 0.15) is 0 Å². The van der Waals surface area contributed by atoms with Crippen LogP contribution in [0.5, 0.6) is 0 Å². The van der Waals surface area contributed by atoms with Crippen LogP contribution in [0.15, 0.2) is 18.2 Å². The number of carbonyl (C=O) groups excluding carboxylic acids is 1. The summed E-state index contributed by atoms with van der Waals surface area (Å²) in [6, 6.07) is 6.83. The van der Waals surface area contributed by atoms with Gasteiger partial charge in [-0.1, -0.05) is 23.8 Å². The molecule has 1 amide bonds. The van der Waals surface area contributed by atoms with E-state index >= 15 is 0 Å². The number of hydrogen-bond acceptors (Lipinski definition) is 2. The standard InChI is InChI=1S/C14H18N2O/c1-9-2-5-12-10(6-9)7-15-8-13(12)14(17)16-11-3-4-11/h2,5-6,11,13,15H,3-4,7-8H2,1H3,(H,16,17). The van der Waals surface area contributed by atoms with E-state index in [-0.39, 0.29) is 11.8 Å². The second kappa shape index (κ2) is 4.15. The molecule has 90 valence electrons. The fraction of sp³-hybridized carbons (Fsp3) is 0.500. The van der Waals surface area contributed by atoms with E-state index < -0.39 is 0 Å². The molecule has 1 saturated carbocycles. The lowest BCUT2D eigenvalue weighted by atomic mass is 9.89. The summed E-state index contributed by atoms with van der Waals surface area (Å²) in [4.78, 5) is 12.1. The van der Waals surface area contributed by atoms with Crippen molar-refractivity contribution in [2.45, 2.75) is 38.3 Å². The zero-order valence-electron chi connectivity index (χ0n) is 10.1. The Balaban J connectivity index is 1.85. The Hall–Kier alpha value is -1.35. The molecule has 0 aromatic heterocycles. The van der Waals surface area contributed by atoms with Crippen LogP contribution in [-0.4, -0.2) is 18.5 Å². The van der Waals surface area contributed by atoms with Crippen molar-refractivity contribution in [2.75, 3.05) is 6.54 Å². The minimum absolute atomic E-state index is 0.0139. The zero-order valence-corrected chi connectivity index (χ0v) is 10.1. The molecule has 1 aromatic rings. The number of hydrogen-bond donors (Lipinski definition) is 2. The van der Waals surface area contributed by atoms with Crippen LogP contribution in [-0.2, 0) is 11.3 Å². The predicted molar refractivity (Wildman–Crippen MR) is 66.8 cm³/mol. The first kappa shape index (κ1) is 10.8. The van der Waals surface area contributed by atoms with Gasteiger partial charge in [0.15, 0.2) is 0 Å². The lowest BCUT2D eigenvalue weighted by Gasteiger charge is -2.26. The van der Waals surface area contributed by atoms with Crippen molar-refractivity contribution in [2.24, 2.45) is 0 Å². The molecule has 0 bridgehead atoms. The summed E-state index contributed by atoms with van der Waals surface area (Å²) in [5.41, 5.74) is 3.73. The lowest BCUT2D eigenvalue weighted by Crippen LogP contribution is -2.39. The number of carbonyl (C=O) groups is 1. The van der Waals surface area contributed by atoms with Crippen molar-refractivity contribution in [3.63, 3.8) is 0 Å². The van der Waals surface area contributed by atoms with Gasteiger partial charge < -0.3 is 10.6 Å². The highest BCUT2D eigenvalue weighted by Crippen LogP contribution is 2.27. The molecular weight excluding hydrogens is 212 g/mol. The van der Waals surface area contributed by atoms with E-state index in [9.17, 15) is 4.79 Å². The average molecular weight is 230 g/mol. The van der Waals surface area contributed by atoms with Crippen LogP contribution in [0.25, 0.3) is 0 Å². The fourth-order valence-electron chi connectivity index (χ4n) is 2.45. The van der Waals surface area contributed by atoms with Gasteiger partial charge in [-0.2, -0.15) is 0 Å². The van der Waals surface area contributed by atoms with Crippen molar-refractivity contribution in [3.8, 4) is 0 Å². The number of nitrogens with one attached hydrogen (secondary N) is 2. The highest BCUT2D eigenvalue weighted by atomic mass is 16.2. The summed E-state index contributed by atoms with van der Waals surface area (Å²) in [5, 5.41) is 6.43. The monoisotopic (exact) mass is 230 g/mol. The first-order valence-corrected chi connectivity index (χ1v) is 6.34. The molecule has 1 aromatic carbocycles. The van der Waals surface area contributed by atoms with E-state index in [1.807, 2.05) is 0 Å². The average Bonchev–Trinajstić information content (AvgIpc) is 3.11. The minimum atomic E-state index is -0.0139. The van der Waals surface area contributed by atoms with Crippen LogP contribution in [0.3, 0.4) is 0 Å². The summed E-state index contributed by atoms with van der Waals surface area (Å²) in [5.74, 6) is 0.171. The molecule has 1 heterocycles. The third-order valence-electron chi connectivity index (χ3n) is 3.58. The molecule has 1 atom stereocenters. The zero-order chi connectivity index (χ0) is 11.8. The van der Waals surface area contributed by atoms with Crippen molar-refractivity contribution in [1.29, 1.82) is 0 Å². The van der Waals surface area contributed by atoms with Crippen LogP contribution < -0.4 is 10.6 Å². The van der Waals surface area contributed by atoms with E-state index in [4.69, 9.17) is 0 Å². The maximum absolute atomic E-state index is 12.1. The van der Waals surface area contributed by atoms with Gasteiger partial charge in [0, 0.05) is 19.1 Å². The maximum atomic E-state index is 12.1. The number of amides is 1. The van der Waals surface area contributed by atoms with Crippen LogP contribution in [0.1, 0.15) is 35.4 Å². The minimum Gasteiger partial charge on any atom is -0.353 e. The Labute approximate surface area is 102 Å². The summed E-state index contributed by atoms with van der Waals surface area (Å²) in [6.45, 7) is 3.73. The van der Waals surface area contributed by atoms with Gasteiger partial charge in [0.25, 0.3) is 0 Å². The molecule has 1 aliphatic heterocycles. The fourth-order valence-corrected chi connectivity index (χ4v) is 2.45. The largest absolute Gasteiger partial charge is 0.353 e. The molecule has 0 radical (unpaired) electrons. The lowest BCUT2D eigenvalue weighted by molar-refractivity contribution is -0.122. The molecule has 1 fully saturated rings. The SMILES string of the molecule is Cc1ccc2c(c1)CNCC2C(=O)NC1CC1. The second-order valence-electron chi connectivity index (χ2n) is 5.17. The van der Waals surface area contributed by atoms with Crippen molar-refractivity contribution < 1.29 is 4.79 Å². The molecular formula is C14H18N2O. The normalized spacial score (nSPS) is 23.0. The summed E-state index contributed by atoms with van der Waals surface area (Å²) < 4.78 is 0. The third kappa shape index (κ3) is 2.20. The number of fused-ring (bicyclic) bond motifs is 1. The molecule has 1 unspecified atom stereocenters. The van der Waals surface area contributed by atoms with E-state index in [1.54, 1.807) is 0 Å². The molecule has 2 aliphatic rings. The number of aryl methyl sites for hydroxylation is 1. The Morgan fingerprint density at radius 3 is 3.00 bits per heavy atom. The highest BCUT2D eigenvalue weighted by molar-refractivity contribution is 5.85. The number of benzene rings is 1. The third-order valence-corrected chi connectivity index (χ3v) is 3.58. The smallest absolute Gasteiger partial charge is 0.229 e. The Bertz CT molecular complexity index is 452. The summed E-state index contributed by atoms with van der Waals surface area (Å²) in [7, 11) is 0. The summed E-state index contributed by atoms with van der Waals surface area (Å²) >= 11 is 0. The van der Waals surface area contributed by atoms with Gasteiger partial charge in [-0.3, -0.25) is 4.79 Å². The van der Waals surface area contributed by atoms with Crippen molar-refractivity contribution >= 4 is 5.91 Å². The Morgan fingerprint density at radius 1 is 1.41 bits per heavy atom. The first-order chi connectivity index (χ1) is 8.24. The van der Waals surface area contributed by atoms with Crippen LogP contribution in [0, 0.1) is 6.92 Å². The molecule has 2 N–H and O–H groups in total. The van der Waals surface area contributed by atoms with Crippen molar-refractivity contribution in [1.82, 2.24) is 10.6 Å².